The molecule has 262 valence electrons. The van der Waals surface area contributed by atoms with Gasteiger partial charge in [0.15, 0.2) is 0 Å². The van der Waals surface area contributed by atoms with Crippen molar-refractivity contribution in [1.82, 2.24) is 19.9 Å². The Hall–Kier alpha value is -6.96. The number of anilines is 2. The van der Waals surface area contributed by atoms with Crippen molar-refractivity contribution in [3.05, 3.63) is 118 Å². The lowest BCUT2D eigenvalue weighted by Crippen LogP contribution is -2.12. The van der Waals surface area contributed by atoms with Gasteiger partial charge in [-0.2, -0.15) is 0 Å². The van der Waals surface area contributed by atoms with Crippen LogP contribution < -0.4 is 21.8 Å². The minimum atomic E-state index is -0.745. The molecule has 0 aliphatic heterocycles. The number of fused-ring (bicyclic) bond motifs is 6. The molecule has 7 aromatic rings. The van der Waals surface area contributed by atoms with Crippen LogP contribution in [-0.2, 0) is 14.4 Å². The fraction of sp³-hybridized carbons (Fsp3) is 0.135. The minimum absolute atomic E-state index is 0.121. The first kappa shape index (κ1) is 36.9. The number of hydrogen-bond donors (Lipinski definition) is 8. The summed E-state index contributed by atoms with van der Waals surface area (Å²) in [4.78, 5) is 77.2. The number of benzene rings is 3. The Morgan fingerprint density at radius 2 is 1.04 bits per heavy atom. The predicted molar refractivity (Wildman–Crippen MR) is 197 cm³/mol. The maximum Gasteiger partial charge on any atom is 0.303 e. The van der Waals surface area contributed by atoms with Gasteiger partial charge in [0.1, 0.15) is 11.0 Å². The van der Waals surface area contributed by atoms with Crippen LogP contribution in [0.25, 0.3) is 43.6 Å². The normalized spacial score (nSPS) is 10.3. The van der Waals surface area contributed by atoms with E-state index in [0.717, 1.165) is 32.6 Å². The third-order valence-electron chi connectivity index (χ3n) is 7.28. The van der Waals surface area contributed by atoms with Crippen molar-refractivity contribution in [3.8, 4) is 0 Å². The standard InChI is InChI=1S/C18H13N3O2.C13H11N3O2.2C3H6O2/c22-17(11-4-2-1-3-5-11)20-12-6-7-15-14(10-12)13-8-9-19-16(13)18(23)21-15;1-7(17)15-8-2-3-11-10(6-8)9-4-5-14-12(9)13(18)16-11;2*1-2-3(4)5/h1-10,19H,(H,20,22)(H,21,23);2-6,14H,1H3,(H,15,17)(H,16,18);2*2H2,1H3,(H,4,5). The Morgan fingerprint density at radius 3 is 1.45 bits per heavy atom. The van der Waals surface area contributed by atoms with Crippen molar-refractivity contribution in [3.63, 3.8) is 0 Å². The third-order valence-corrected chi connectivity index (χ3v) is 7.28. The molecular weight excluding hydrogens is 656 g/mol. The fourth-order valence-corrected chi connectivity index (χ4v) is 4.84. The highest BCUT2D eigenvalue weighted by Gasteiger charge is 2.10. The van der Waals surface area contributed by atoms with Crippen LogP contribution in [0.2, 0.25) is 0 Å². The largest absolute Gasteiger partial charge is 0.481 e. The molecule has 0 fully saturated rings. The highest BCUT2D eigenvalue weighted by atomic mass is 16.4. The molecule has 2 amide bonds. The molecule has 51 heavy (non-hydrogen) atoms. The van der Waals surface area contributed by atoms with Crippen LogP contribution in [0.3, 0.4) is 0 Å². The Balaban J connectivity index is 0.000000185. The quantitative estimate of drug-likeness (QED) is 0.103. The van der Waals surface area contributed by atoms with Gasteiger partial charge in [0.25, 0.3) is 17.0 Å². The molecular formula is C37H36N6O8. The van der Waals surface area contributed by atoms with Crippen molar-refractivity contribution in [2.24, 2.45) is 0 Å². The lowest BCUT2D eigenvalue weighted by Gasteiger charge is -2.07. The van der Waals surface area contributed by atoms with E-state index in [2.05, 4.69) is 30.6 Å². The van der Waals surface area contributed by atoms with Gasteiger partial charge < -0.3 is 40.8 Å². The van der Waals surface area contributed by atoms with Crippen LogP contribution in [0, 0.1) is 0 Å². The zero-order valence-electron chi connectivity index (χ0n) is 27.9. The molecule has 0 bridgehead atoms. The average molecular weight is 693 g/mol. The molecule has 0 aliphatic rings. The van der Waals surface area contributed by atoms with Gasteiger partial charge in [-0.25, -0.2) is 0 Å². The van der Waals surface area contributed by atoms with Gasteiger partial charge in [-0.1, -0.05) is 32.0 Å². The summed E-state index contributed by atoms with van der Waals surface area (Å²) in [5.41, 5.74) is 4.26. The first-order valence-corrected chi connectivity index (χ1v) is 15.8. The van der Waals surface area contributed by atoms with Crippen molar-refractivity contribution in [2.45, 2.75) is 33.6 Å². The number of H-pyrrole nitrogens is 4. The Labute approximate surface area is 289 Å². The molecule has 14 heteroatoms. The molecule has 0 saturated carbocycles. The Bertz CT molecular complexity index is 2440. The smallest absolute Gasteiger partial charge is 0.303 e. The predicted octanol–water partition coefficient (Wildman–Crippen LogP) is 6.19. The molecule has 0 saturated heterocycles. The number of carbonyl (C=O) groups is 4. The number of aliphatic carboxylic acids is 2. The summed E-state index contributed by atoms with van der Waals surface area (Å²) in [5, 5.41) is 24.5. The van der Waals surface area contributed by atoms with Crippen molar-refractivity contribution < 1.29 is 29.4 Å². The Kier molecular flexibility index (Phi) is 12.2. The van der Waals surface area contributed by atoms with E-state index < -0.39 is 11.9 Å². The molecule has 14 nitrogen and oxygen atoms in total. The summed E-state index contributed by atoms with van der Waals surface area (Å²) in [6.07, 6.45) is 3.90. The van der Waals surface area contributed by atoms with Crippen LogP contribution in [0.4, 0.5) is 11.4 Å². The van der Waals surface area contributed by atoms with E-state index in [-0.39, 0.29) is 35.8 Å². The number of hydrogen-bond acceptors (Lipinski definition) is 6. The number of carboxylic acid groups (broad SMARTS) is 2. The van der Waals surface area contributed by atoms with Gasteiger partial charge in [0.05, 0.1) is 0 Å². The molecule has 0 atom stereocenters. The molecule has 0 unspecified atom stereocenters. The molecule has 0 aliphatic carbocycles. The second-order valence-electron chi connectivity index (χ2n) is 11.0. The van der Waals surface area contributed by atoms with E-state index in [1.54, 1.807) is 62.6 Å². The van der Waals surface area contributed by atoms with E-state index in [9.17, 15) is 28.8 Å². The number of carbonyl (C=O) groups excluding carboxylic acids is 2. The van der Waals surface area contributed by atoms with Gasteiger partial charge in [0, 0.05) is 81.7 Å². The average Bonchev–Trinajstić information content (AvgIpc) is 3.82. The highest BCUT2D eigenvalue weighted by molar-refractivity contribution is 6.09. The van der Waals surface area contributed by atoms with Gasteiger partial charge in [0.2, 0.25) is 5.91 Å². The highest BCUT2D eigenvalue weighted by Crippen LogP contribution is 2.25. The van der Waals surface area contributed by atoms with E-state index in [0.29, 0.717) is 28.0 Å². The summed E-state index contributed by atoms with van der Waals surface area (Å²) in [6, 6.07) is 23.6. The van der Waals surface area contributed by atoms with Gasteiger partial charge >= 0.3 is 11.9 Å². The molecule has 7 rings (SSSR count). The van der Waals surface area contributed by atoms with E-state index in [1.807, 2.05) is 42.5 Å². The van der Waals surface area contributed by atoms with Gasteiger partial charge in [-0.15, -0.1) is 0 Å². The fourth-order valence-electron chi connectivity index (χ4n) is 4.84. The van der Waals surface area contributed by atoms with Crippen molar-refractivity contribution >= 4 is 78.7 Å². The summed E-state index contributed by atoms with van der Waals surface area (Å²) in [5.74, 6) is -1.78. The number of pyridine rings is 2. The van der Waals surface area contributed by atoms with Crippen molar-refractivity contribution in [2.75, 3.05) is 10.6 Å². The molecule has 3 aromatic carbocycles. The SMILES string of the molecule is CC(=O)Nc1ccc2[nH]c(=O)c3[nH]ccc3c2c1.CCC(=O)O.CCC(=O)O.O=C(Nc1ccc2[nH]c(=O)c3[nH]ccc3c2c1)c1ccccc1. The monoisotopic (exact) mass is 692 g/mol. The number of aromatic nitrogens is 4. The second kappa shape index (κ2) is 16.9. The third kappa shape index (κ3) is 9.57. The first-order valence-electron chi connectivity index (χ1n) is 15.8. The molecule has 0 radical (unpaired) electrons. The van der Waals surface area contributed by atoms with Crippen molar-refractivity contribution in [1.29, 1.82) is 0 Å². The van der Waals surface area contributed by atoms with Crippen LogP contribution in [-0.4, -0.2) is 53.9 Å². The number of carboxylic acids is 2. The number of aromatic amines is 4. The second-order valence-corrected chi connectivity index (χ2v) is 11.0. The molecule has 0 spiro atoms. The van der Waals surface area contributed by atoms with Crippen LogP contribution in [0.5, 0.6) is 0 Å². The topological polar surface area (TPSA) is 230 Å². The van der Waals surface area contributed by atoms with E-state index >= 15 is 0 Å². The van der Waals surface area contributed by atoms with Crippen LogP contribution in [0.15, 0.2) is 101 Å². The zero-order valence-corrected chi connectivity index (χ0v) is 27.9. The maximum atomic E-state index is 12.2. The number of amides is 2. The zero-order chi connectivity index (χ0) is 37.1. The van der Waals surface area contributed by atoms with Gasteiger partial charge in [-0.3, -0.25) is 28.8 Å². The summed E-state index contributed by atoms with van der Waals surface area (Å²) in [6.45, 7) is 4.66. The minimum Gasteiger partial charge on any atom is -0.481 e. The lowest BCUT2D eigenvalue weighted by molar-refractivity contribution is -0.137. The molecule has 4 aromatic heterocycles. The number of rotatable bonds is 5. The molecule has 8 N–H and O–H groups in total. The van der Waals surface area contributed by atoms with E-state index in [1.165, 1.54) is 6.92 Å². The van der Waals surface area contributed by atoms with Crippen LogP contribution in [0.1, 0.15) is 44.0 Å². The first-order chi connectivity index (χ1) is 24.4. The Morgan fingerprint density at radius 1 is 0.608 bits per heavy atom. The van der Waals surface area contributed by atoms with Gasteiger partial charge in [-0.05, 0) is 60.7 Å². The summed E-state index contributed by atoms with van der Waals surface area (Å²) in [7, 11) is 0. The lowest BCUT2D eigenvalue weighted by atomic mass is 10.1. The van der Waals surface area contributed by atoms with E-state index in [4.69, 9.17) is 10.2 Å². The number of nitrogens with one attached hydrogen (secondary N) is 6. The maximum absolute atomic E-state index is 12.2. The molecule has 4 heterocycles. The van der Waals surface area contributed by atoms with Crippen LogP contribution >= 0.6 is 0 Å². The summed E-state index contributed by atoms with van der Waals surface area (Å²) >= 11 is 0. The summed E-state index contributed by atoms with van der Waals surface area (Å²) < 4.78 is 0.